The van der Waals surface area contributed by atoms with E-state index in [1.807, 2.05) is 0 Å². The highest BCUT2D eigenvalue weighted by Gasteiger charge is 2.31. The van der Waals surface area contributed by atoms with E-state index in [1.54, 1.807) is 0 Å². The van der Waals surface area contributed by atoms with Crippen molar-refractivity contribution >= 4 is 5.84 Å². The molecule has 0 radical (unpaired) electrons. The number of hydrogen-bond acceptors (Lipinski definition) is 1. The zero-order valence-electron chi connectivity index (χ0n) is 10.2. The van der Waals surface area contributed by atoms with Crippen LogP contribution < -0.4 is 0 Å². The Labute approximate surface area is 88.2 Å². The lowest BCUT2D eigenvalue weighted by Gasteiger charge is -2.43. The fourth-order valence-electron chi connectivity index (χ4n) is 2.08. The second-order valence-electron chi connectivity index (χ2n) is 5.65. The standard InChI is InChI=1S/C12H24N2/c1-9-7-6-8-14(10(9)2)11(13)12(3,4)5/h9-10,13H,6-8H2,1-5H3. The summed E-state index contributed by atoms with van der Waals surface area (Å²) in [6.07, 6.45) is 2.55. The van der Waals surface area contributed by atoms with E-state index in [0.29, 0.717) is 6.04 Å². The van der Waals surface area contributed by atoms with Crippen molar-refractivity contribution in [1.82, 2.24) is 4.90 Å². The number of hydrogen-bond donors (Lipinski definition) is 1. The Morgan fingerprint density at radius 2 is 1.86 bits per heavy atom. The zero-order chi connectivity index (χ0) is 10.9. The van der Waals surface area contributed by atoms with Crippen LogP contribution >= 0.6 is 0 Å². The Morgan fingerprint density at radius 3 is 2.36 bits per heavy atom. The molecule has 1 N–H and O–H groups in total. The largest absolute Gasteiger partial charge is 0.357 e. The minimum absolute atomic E-state index is 0.00861. The number of nitrogens with zero attached hydrogens (tertiary/aromatic N) is 1. The van der Waals surface area contributed by atoms with E-state index in [1.165, 1.54) is 12.8 Å². The van der Waals surface area contributed by atoms with E-state index in [9.17, 15) is 0 Å². The normalized spacial score (nSPS) is 29.1. The van der Waals surface area contributed by atoms with Gasteiger partial charge in [0.2, 0.25) is 0 Å². The van der Waals surface area contributed by atoms with Crippen molar-refractivity contribution in [3.05, 3.63) is 0 Å². The monoisotopic (exact) mass is 196 g/mol. The molecule has 1 rings (SSSR count). The summed E-state index contributed by atoms with van der Waals surface area (Å²) in [7, 11) is 0. The molecule has 1 saturated heterocycles. The lowest BCUT2D eigenvalue weighted by molar-refractivity contribution is 0.177. The second kappa shape index (κ2) is 3.92. The summed E-state index contributed by atoms with van der Waals surface area (Å²) in [5.41, 5.74) is -0.00861. The predicted molar refractivity (Wildman–Crippen MR) is 61.7 cm³/mol. The van der Waals surface area contributed by atoms with Crippen LogP contribution in [0.4, 0.5) is 0 Å². The average Bonchev–Trinajstić information content (AvgIpc) is 2.07. The molecule has 0 aromatic heterocycles. The van der Waals surface area contributed by atoms with E-state index < -0.39 is 0 Å². The van der Waals surface area contributed by atoms with Crippen LogP contribution in [0.25, 0.3) is 0 Å². The second-order valence-corrected chi connectivity index (χ2v) is 5.65. The maximum Gasteiger partial charge on any atom is 0.101 e. The van der Waals surface area contributed by atoms with Gasteiger partial charge in [0.1, 0.15) is 5.84 Å². The van der Waals surface area contributed by atoms with Gasteiger partial charge in [0.25, 0.3) is 0 Å². The van der Waals surface area contributed by atoms with E-state index >= 15 is 0 Å². The Kier molecular flexibility index (Phi) is 3.23. The first kappa shape index (κ1) is 11.5. The van der Waals surface area contributed by atoms with Crippen LogP contribution in [0.1, 0.15) is 47.5 Å². The first-order valence-electron chi connectivity index (χ1n) is 5.69. The highest BCUT2D eigenvalue weighted by molar-refractivity contribution is 5.84. The van der Waals surface area contributed by atoms with Crippen molar-refractivity contribution in [3.63, 3.8) is 0 Å². The minimum atomic E-state index is -0.00861. The van der Waals surface area contributed by atoms with Crippen molar-refractivity contribution in [3.8, 4) is 0 Å². The molecule has 2 unspecified atom stereocenters. The van der Waals surface area contributed by atoms with Gasteiger partial charge in [-0.05, 0) is 25.7 Å². The van der Waals surface area contributed by atoms with Crippen LogP contribution in [0, 0.1) is 16.7 Å². The number of likely N-dealkylation sites (tertiary alicyclic amines) is 1. The van der Waals surface area contributed by atoms with Crippen LogP contribution in [0.15, 0.2) is 0 Å². The van der Waals surface area contributed by atoms with Gasteiger partial charge in [-0.1, -0.05) is 27.7 Å². The molecule has 0 aromatic carbocycles. The van der Waals surface area contributed by atoms with E-state index in [0.717, 1.165) is 18.3 Å². The maximum absolute atomic E-state index is 8.18. The zero-order valence-corrected chi connectivity index (χ0v) is 10.2. The van der Waals surface area contributed by atoms with Crippen LogP contribution in [0.5, 0.6) is 0 Å². The molecular weight excluding hydrogens is 172 g/mol. The van der Waals surface area contributed by atoms with Crippen LogP contribution in [-0.4, -0.2) is 23.3 Å². The quantitative estimate of drug-likeness (QED) is 0.468. The molecule has 1 fully saturated rings. The lowest BCUT2D eigenvalue weighted by atomic mass is 9.87. The molecule has 1 aliphatic heterocycles. The molecule has 2 heteroatoms. The molecule has 0 saturated carbocycles. The lowest BCUT2D eigenvalue weighted by Crippen LogP contribution is -2.49. The molecule has 1 aliphatic rings. The van der Waals surface area contributed by atoms with Crippen molar-refractivity contribution in [2.75, 3.05) is 6.54 Å². The Balaban J connectivity index is 2.72. The molecule has 14 heavy (non-hydrogen) atoms. The third kappa shape index (κ3) is 2.28. The topological polar surface area (TPSA) is 27.1 Å². The van der Waals surface area contributed by atoms with Gasteiger partial charge >= 0.3 is 0 Å². The van der Waals surface area contributed by atoms with Gasteiger partial charge in [-0.15, -0.1) is 0 Å². The summed E-state index contributed by atoms with van der Waals surface area (Å²) >= 11 is 0. The molecule has 0 bridgehead atoms. The summed E-state index contributed by atoms with van der Waals surface area (Å²) in [6, 6.07) is 0.537. The fraction of sp³-hybridized carbons (Fsp3) is 0.917. The van der Waals surface area contributed by atoms with Crippen molar-refractivity contribution < 1.29 is 0 Å². The van der Waals surface area contributed by atoms with E-state index in [4.69, 9.17) is 5.41 Å². The van der Waals surface area contributed by atoms with Gasteiger partial charge in [0.15, 0.2) is 0 Å². The summed E-state index contributed by atoms with van der Waals surface area (Å²) in [5.74, 6) is 1.53. The van der Waals surface area contributed by atoms with Gasteiger partial charge in [-0.25, -0.2) is 0 Å². The van der Waals surface area contributed by atoms with Gasteiger partial charge in [-0.2, -0.15) is 0 Å². The average molecular weight is 196 g/mol. The summed E-state index contributed by atoms with van der Waals surface area (Å²) in [4.78, 5) is 2.29. The number of piperidine rings is 1. The minimum Gasteiger partial charge on any atom is -0.357 e. The smallest absolute Gasteiger partial charge is 0.101 e. The first-order valence-corrected chi connectivity index (χ1v) is 5.69. The summed E-state index contributed by atoms with van der Waals surface area (Å²) in [6.45, 7) is 12.0. The van der Waals surface area contributed by atoms with Gasteiger partial charge in [-0.3, -0.25) is 5.41 Å². The fourth-order valence-corrected chi connectivity index (χ4v) is 2.08. The molecule has 0 aliphatic carbocycles. The Morgan fingerprint density at radius 1 is 1.29 bits per heavy atom. The predicted octanol–water partition coefficient (Wildman–Crippen LogP) is 3.13. The van der Waals surface area contributed by atoms with Crippen molar-refractivity contribution in [2.24, 2.45) is 11.3 Å². The molecule has 2 nitrogen and oxygen atoms in total. The van der Waals surface area contributed by atoms with Gasteiger partial charge < -0.3 is 4.90 Å². The van der Waals surface area contributed by atoms with Crippen LogP contribution in [0.2, 0.25) is 0 Å². The summed E-state index contributed by atoms with van der Waals surface area (Å²) in [5, 5.41) is 8.18. The van der Waals surface area contributed by atoms with E-state index in [-0.39, 0.29) is 5.41 Å². The van der Waals surface area contributed by atoms with Gasteiger partial charge in [0.05, 0.1) is 0 Å². The van der Waals surface area contributed by atoms with Crippen LogP contribution in [0.3, 0.4) is 0 Å². The molecular formula is C12H24N2. The molecule has 82 valence electrons. The maximum atomic E-state index is 8.18. The molecule has 1 heterocycles. The number of nitrogens with one attached hydrogen (secondary N) is 1. The van der Waals surface area contributed by atoms with Gasteiger partial charge in [0, 0.05) is 18.0 Å². The highest BCUT2D eigenvalue weighted by Crippen LogP contribution is 2.27. The number of rotatable bonds is 0. The van der Waals surface area contributed by atoms with Crippen LogP contribution in [-0.2, 0) is 0 Å². The number of amidine groups is 1. The first-order chi connectivity index (χ1) is 6.34. The highest BCUT2D eigenvalue weighted by atomic mass is 15.2. The Hall–Kier alpha value is -0.530. The van der Waals surface area contributed by atoms with E-state index in [2.05, 4.69) is 39.5 Å². The van der Waals surface area contributed by atoms with Crippen molar-refractivity contribution in [2.45, 2.75) is 53.5 Å². The third-order valence-electron chi connectivity index (χ3n) is 3.37. The summed E-state index contributed by atoms with van der Waals surface area (Å²) < 4.78 is 0. The third-order valence-corrected chi connectivity index (χ3v) is 3.37. The molecule has 2 atom stereocenters. The molecule has 0 amide bonds. The molecule has 0 spiro atoms. The molecule has 0 aromatic rings. The SMILES string of the molecule is CC1CCCN(C(=N)C(C)(C)C)C1C. The Bertz CT molecular complexity index is 215. The van der Waals surface area contributed by atoms with Crippen molar-refractivity contribution in [1.29, 1.82) is 5.41 Å².